The van der Waals surface area contributed by atoms with Crippen LogP contribution in [-0.2, 0) is 0 Å². The first-order valence-corrected chi connectivity index (χ1v) is 11.8. The van der Waals surface area contributed by atoms with Crippen LogP contribution in [0.15, 0.2) is 59.6 Å². The molecule has 1 aliphatic heterocycles. The van der Waals surface area contributed by atoms with E-state index in [0.29, 0.717) is 30.1 Å². The van der Waals surface area contributed by atoms with Gasteiger partial charge in [-0.25, -0.2) is 9.78 Å². The summed E-state index contributed by atoms with van der Waals surface area (Å²) in [6, 6.07) is 15.8. The van der Waals surface area contributed by atoms with Crippen molar-refractivity contribution in [2.45, 2.75) is 25.8 Å². The number of ether oxygens (including phenoxy) is 1. The zero-order chi connectivity index (χ0) is 23.4. The van der Waals surface area contributed by atoms with Crippen LogP contribution < -0.4 is 20.3 Å². The second-order valence-corrected chi connectivity index (χ2v) is 8.74. The molecule has 8 heteroatoms. The number of urea groups is 1. The summed E-state index contributed by atoms with van der Waals surface area (Å²) in [6.07, 6.45) is 0. The Bertz CT molecular complexity index is 1160. The summed E-state index contributed by atoms with van der Waals surface area (Å²) in [4.78, 5) is 31.9. The summed E-state index contributed by atoms with van der Waals surface area (Å²) in [5, 5.41) is 6.68. The standard InChI is InChI=1S/C25H26N4O3S/c1-4-32-21-11-9-19(10-12-21)27-23(30)18-5-7-20(8-6-18)28-25(31)29-13-14-33-24-22(29)16(2)15-17(3)26-24/h5-12,15H,4,13-14H2,1-3H3,(H,27,30)(H,28,31). The Morgan fingerprint density at radius 2 is 1.70 bits per heavy atom. The molecular formula is C25H26N4O3S. The summed E-state index contributed by atoms with van der Waals surface area (Å²) in [7, 11) is 0. The Balaban J connectivity index is 1.41. The van der Waals surface area contributed by atoms with Crippen LogP contribution in [0.4, 0.5) is 21.9 Å². The normalized spacial score (nSPS) is 12.6. The van der Waals surface area contributed by atoms with E-state index < -0.39 is 0 Å². The molecule has 3 aromatic rings. The first-order valence-electron chi connectivity index (χ1n) is 10.8. The summed E-state index contributed by atoms with van der Waals surface area (Å²) in [5.74, 6) is 1.32. The third-order valence-corrected chi connectivity index (χ3v) is 6.11. The van der Waals surface area contributed by atoms with E-state index in [1.54, 1.807) is 53.1 Å². The highest BCUT2D eigenvalue weighted by Gasteiger charge is 2.26. The van der Waals surface area contributed by atoms with Crippen molar-refractivity contribution >= 4 is 40.8 Å². The molecule has 170 valence electrons. The molecule has 0 aliphatic carbocycles. The average molecular weight is 463 g/mol. The Morgan fingerprint density at radius 1 is 1.03 bits per heavy atom. The minimum Gasteiger partial charge on any atom is -0.494 e. The lowest BCUT2D eigenvalue weighted by molar-refractivity contribution is 0.102. The van der Waals surface area contributed by atoms with E-state index >= 15 is 0 Å². The number of anilines is 3. The third kappa shape index (κ3) is 5.28. The topological polar surface area (TPSA) is 83.6 Å². The molecule has 0 unspecified atom stereocenters. The summed E-state index contributed by atoms with van der Waals surface area (Å²) in [5.41, 5.74) is 4.64. The Labute approximate surface area is 197 Å². The van der Waals surface area contributed by atoms with Gasteiger partial charge in [-0.3, -0.25) is 9.69 Å². The molecule has 1 aliphatic rings. The summed E-state index contributed by atoms with van der Waals surface area (Å²) >= 11 is 1.67. The molecule has 0 fully saturated rings. The first kappa shape index (κ1) is 22.7. The highest BCUT2D eigenvalue weighted by atomic mass is 32.2. The van der Waals surface area contributed by atoms with E-state index in [2.05, 4.69) is 15.6 Å². The quantitative estimate of drug-likeness (QED) is 0.524. The molecule has 1 aromatic heterocycles. The number of rotatable bonds is 5. The summed E-state index contributed by atoms with van der Waals surface area (Å²) < 4.78 is 5.41. The second-order valence-electron chi connectivity index (χ2n) is 7.65. The van der Waals surface area contributed by atoms with Gasteiger partial charge in [-0.05, 0) is 80.9 Å². The smallest absolute Gasteiger partial charge is 0.326 e. The van der Waals surface area contributed by atoms with Crippen LogP contribution in [0.1, 0.15) is 28.5 Å². The fourth-order valence-corrected chi connectivity index (χ4v) is 4.76. The Kier molecular flexibility index (Phi) is 6.84. The fraction of sp³-hybridized carbons (Fsp3) is 0.240. The van der Waals surface area contributed by atoms with Gasteiger partial charge in [0.1, 0.15) is 10.8 Å². The molecule has 0 atom stereocenters. The lowest BCUT2D eigenvalue weighted by Crippen LogP contribution is -2.39. The van der Waals surface area contributed by atoms with Crippen molar-refractivity contribution in [1.82, 2.24) is 4.98 Å². The SMILES string of the molecule is CCOc1ccc(NC(=O)c2ccc(NC(=O)N3CCSc4nc(C)cc(C)c43)cc2)cc1. The minimum atomic E-state index is -0.226. The minimum absolute atomic E-state index is 0.211. The van der Waals surface area contributed by atoms with Gasteiger partial charge in [-0.15, -0.1) is 11.8 Å². The zero-order valence-electron chi connectivity index (χ0n) is 18.8. The predicted octanol–water partition coefficient (Wildman–Crippen LogP) is 5.49. The summed E-state index contributed by atoms with van der Waals surface area (Å²) in [6.45, 7) is 7.08. The van der Waals surface area contributed by atoms with Crippen molar-refractivity contribution in [1.29, 1.82) is 0 Å². The van der Waals surface area contributed by atoms with Crippen LogP contribution in [0.25, 0.3) is 0 Å². The lowest BCUT2D eigenvalue weighted by Gasteiger charge is -2.30. The van der Waals surface area contributed by atoms with E-state index in [4.69, 9.17) is 4.74 Å². The van der Waals surface area contributed by atoms with Gasteiger partial charge in [-0.1, -0.05) is 0 Å². The van der Waals surface area contributed by atoms with Crippen LogP contribution in [0.2, 0.25) is 0 Å². The third-order valence-electron chi connectivity index (χ3n) is 5.17. The molecule has 4 rings (SSSR count). The van der Waals surface area contributed by atoms with Gasteiger partial charge in [0.15, 0.2) is 0 Å². The highest BCUT2D eigenvalue weighted by molar-refractivity contribution is 7.99. The number of aryl methyl sites for hydroxylation is 2. The van der Waals surface area contributed by atoms with Gasteiger partial charge in [0.25, 0.3) is 5.91 Å². The maximum atomic E-state index is 13.0. The molecule has 2 N–H and O–H groups in total. The van der Waals surface area contributed by atoms with Crippen LogP contribution in [0, 0.1) is 13.8 Å². The van der Waals surface area contributed by atoms with Crippen LogP contribution >= 0.6 is 11.8 Å². The Morgan fingerprint density at radius 3 is 2.39 bits per heavy atom. The molecule has 7 nitrogen and oxygen atoms in total. The maximum Gasteiger partial charge on any atom is 0.326 e. The number of benzene rings is 2. The van der Waals surface area contributed by atoms with Crippen molar-refractivity contribution in [3.8, 4) is 5.75 Å². The van der Waals surface area contributed by atoms with Crippen LogP contribution in [0.3, 0.4) is 0 Å². The van der Waals surface area contributed by atoms with Crippen molar-refractivity contribution in [3.63, 3.8) is 0 Å². The van der Waals surface area contributed by atoms with Gasteiger partial charge in [0.05, 0.1) is 12.3 Å². The van der Waals surface area contributed by atoms with E-state index in [1.807, 2.05) is 39.0 Å². The molecule has 0 spiro atoms. The molecule has 0 radical (unpaired) electrons. The molecule has 2 aromatic carbocycles. The van der Waals surface area contributed by atoms with E-state index in [-0.39, 0.29) is 11.9 Å². The van der Waals surface area contributed by atoms with E-state index in [9.17, 15) is 9.59 Å². The van der Waals surface area contributed by atoms with Gasteiger partial charge < -0.3 is 15.4 Å². The van der Waals surface area contributed by atoms with Crippen molar-refractivity contribution in [3.05, 3.63) is 71.4 Å². The number of hydrogen-bond acceptors (Lipinski definition) is 5. The molecule has 0 saturated heterocycles. The zero-order valence-corrected chi connectivity index (χ0v) is 19.7. The lowest BCUT2D eigenvalue weighted by atomic mass is 10.2. The number of nitrogens with one attached hydrogen (secondary N) is 2. The number of fused-ring (bicyclic) bond motifs is 1. The number of carbonyl (C=O) groups excluding carboxylic acids is 2. The Hall–Kier alpha value is -3.52. The van der Waals surface area contributed by atoms with Crippen molar-refractivity contribution in [2.24, 2.45) is 0 Å². The monoisotopic (exact) mass is 462 g/mol. The largest absolute Gasteiger partial charge is 0.494 e. The molecule has 0 bridgehead atoms. The van der Waals surface area contributed by atoms with E-state index in [1.165, 1.54) is 0 Å². The molecule has 0 saturated carbocycles. The van der Waals surface area contributed by atoms with Gasteiger partial charge in [0, 0.05) is 34.9 Å². The number of amides is 3. The number of carbonyl (C=O) groups is 2. The first-order chi connectivity index (χ1) is 15.9. The fourth-order valence-electron chi connectivity index (χ4n) is 3.67. The van der Waals surface area contributed by atoms with Crippen molar-refractivity contribution in [2.75, 3.05) is 34.4 Å². The molecule has 2 heterocycles. The number of pyridine rings is 1. The van der Waals surface area contributed by atoms with Crippen LogP contribution in [0.5, 0.6) is 5.75 Å². The molecular weight excluding hydrogens is 436 g/mol. The van der Waals surface area contributed by atoms with Crippen molar-refractivity contribution < 1.29 is 14.3 Å². The predicted molar refractivity (Wildman–Crippen MR) is 133 cm³/mol. The number of aromatic nitrogens is 1. The van der Waals surface area contributed by atoms with Gasteiger partial charge in [-0.2, -0.15) is 0 Å². The van der Waals surface area contributed by atoms with Gasteiger partial charge >= 0.3 is 6.03 Å². The highest BCUT2D eigenvalue weighted by Crippen LogP contribution is 2.36. The number of hydrogen-bond donors (Lipinski definition) is 2. The maximum absolute atomic E-state index is 13.0. The number of thioether (sulfide) groups is 1. The molecule has 33 heavy (non-hydrogen) atoms. The van der Waals surface area contributed by atoms with Gasteiger partial charge in [0.2, 0.25) is 0 Å². The molecule has 3 amide bonds. The van der Waals surface area contributed by atoms with Crippen LogP contribution in [-0.4, -0.2) is 35.8 Å². The average Bonchev–Trinajstić information content (AvgIpc) is 2.80. The van der Waals surface area contributed by atoms with E-state index in [0.717, 1.165) is 33.5 Å². The number of nitrogens with zero attached hydrogens (tertiary/aromatic N) is 2. The second kappa shape index (κ2) is 9.95.